The number of para-hydroxylation sites is 1. The summed E-state index contributed by atoms with van der Waals surface area (Å²) in [4.78, 5) is 4.22. The highest BCUT2D eigenvalue weighted by molar-refractivity contribution is 5.43. The molecule has 1 N–H and O–H groups in total. The molecule has 0 amide bonds. The molecule has 0 radical (unpaired) electrons. The highest BCUT2D eigenvalue weighted by atomic mass is 19.1. The molecule has 0 unspecified atom stereocenters. The first-order valence-electron chi connectivity index (χ1n) is 5.86. The highest BCUT2D eigenvalue weighted by Crippen LogP contribution is 2.19. The summed E-state index contributed by atoms with van der Waals surface area (Å²) in [5.74, 6) is 0.673. The van der Waals surface area contributed by atoms with Gasteiger partial charge in [-0.2, -0.15) is 0 Å². The van der Waals surface area contributed by atoms with Crippen LogP contribution in [0.5, 0.6) is 5.75 Å². The molecule has 2 aromatic rings. The molecule has 0 fully saturated rings. The Morgan fingerprint density at radius 1 is 1.22 bits per heavy atom. The molecule has 0 aliphatic rings. The average Bonchev–Trinajstić information content (AvgIpc) is 2.40. The summed E-state index contributed by atoms with van der Waals surface area (Å²) in [5.41, 5.74) is 0.905. The van der Waals surface area contributed by atoms with E-state index in [0.29, 0.717) is 0 Å². The number of nitrogens with one attached hydrogen (secondary N) is 1. The van der Waals surface area contributed by atoms with E-state index in [1.807, 2.05) is 19.1 Å². The second-order valence-corrected chi connectivity index (χ2v) is 3.76. The number of benzene rings is 1. The Hall–Kier alpha value is -2.10. The Morgan fingerprint density at radius 3 is 2.83 bits per heavy atom. The summed E-state index contributed by atoms with van der Waals surface area (Å²) in [6.45, 7) is 3.07. The molecule has 4 heteroatoms. The largest absolute Gasteiger partial charge is 0.486 e. The predicted molar refractivity (Wildman–Crippen MR) is 69.1 cm³/mol. The minimum Gasteiger partial charge on any atom is -0.486 e. The van der Waals surface area contributed by atoms with Crippen molar-refractivity contribution in [3.63, 3.8) is 0 Å². The Morgan fingerprint density at radius 2 is 2.06 bits per heavy atom. The molecule has 0 spiro atoms. The van der Waals surface area contributed by atoms with Crippen molar-refractivity contribution in [2.24, 2.45) is 0 Å². The number of pyridine rings is 1. The van der Waals surface area contributed by atoms with Crippen molar-refractivity contribution >= 4 is 5.82 Å². The normalized spacial score (nSPS) is 10.1. The molecule has 0 bridgehead atoms. The van der Waals surface area contributed by atoms with Crippen LogP contribution in [-0.2, 0) is 6.61 Å². The third-order valence-corrected chi connectivity index (χ3v) is 2.46. The molecule has 0 aliphatic heterocycles. The molecule has 1 aromatic heterocycles. The van der Waals surface area contributed by atoms with Gasteiger partial charge in [-0.1, -0.05) is 18.2 Å². The summed E-state index contributed by atoms with van der Waals surface area (Å²) >= 11 is 0. The van der Waals surface area contributed by atoms with E-state index in [-0.39, 0.29) is 18.2 Å². The minimum absolute atomic E-state index is 0.254. The van der Waals surface area contributed by atoms with Gasteiger partial charge in [-0.3, -0.25) is 0 Å². The van der Waals surface area contributed by atoms with Crippen LogP contribution in [-0.4, -0.2) is 11.5 Å². The number of hydrogen-bond acceptors (Lipinski definition) is 3. The second kappa shape index (κ2) is 6.00. The van der Waals surface area contributed by atoms with Gasteiger partial charge in [-0.15, -0.1) is 0 Å². The zero-order valence-corrected chi connectivity index (χ0v) is 10.2. The number of anilines is 1. The SMILES string of the molecule is CCNc1ncccc1COc1ccccc1F. The molecule has 18 heavy (non-hydrogen) atoms. The van der Waals surface area contributed by atoms with Crippen LogP contribution in [0.2, 0.25) is 0 Å². The van der Waals surface area contributed by atoms with Crippen molar-refractivity contribution in [2.45, 2.75) is 13.5 Å². The summed E-state index contributed by atoms with van der Waals surface area (Å²) in [6, 6.07) is 10.1. The summed E-state index contributed by atoms with van der Waals surface area (Å²) in [6.07, 6.45) is 1.71. The average molecular weight is 246 g/mol. The topological polar surface area (TPSA) is 34.2 Å². The maximum absolute atomic E-state index is 13.4. The fourth-order valence-electron chi connectivity index (χ4n) is 1.60. The number of aromatic nitrogens is 1. The van der Waals surface area contributed by atoms with Crippen LogP contribution < -0.4 is 10.1 Å². The number of halogens is 1. The monoisotopic (exact) mass is 246 g/mol. The van der Waals surface area contributed by atoms with Crippen LogP contribution >= 0.6 is 0 Å². The van der Waals surface area contributed by atoms with Gasteiger partial charge in [0, 0.05) is 18.3 Å². The standard InChI is InChI=1S/C14H15FN2O/c1-2-16-14-11(6-5-9-17-14)10-18-13-8-4-3-7-12(13)15/h3-9H,2,10H2,1H3,(H,16,17). The molecular weight excluding hydrogens is 231 g/mol. The zero-order valence-electron chi connectivity index (χ0n) is 10.2. The third-order valence-electron chi connectivity index (χ3n) is 2.46. The van der Waals surface area contributed by atoms with E-state index in [1.165, 1.54) is 6.07 Å². The van der Waals surface area contributed by atoms with Crippen molar-refractivity contribution in [1.29, 1.82) is 0 Å². The van der Waals surface area contributed by atoms with Crippen LogP contribution in [0.15, 0.2) is 42.6 Å². The zero-order chi connectivity index (χ0) is 12.8. The van der Waals surface area contributed by atoms with Crippen molar-refractivity contribution in [1.82, 2.24) is 4.98 Å². The molecule has 0 saturated heterocycles. The van der Waals surface area contributed by atoms with Gasteiger partial charge in [0.1, 0.15) is 12.4 Å². The van der Waals surface area contributed by atoms with Gasteiger partial charge < -0.3 is 10.1 Å². The predicted octanol–water partition coefficient (Wildman–Crippen LogP) is 3.23. The van der Waals surface area contributed by atoms with E-state index in [1.54, 1.807) is 24.4 Å². The lowest BCUT2D eigenvalue weighted by molar-refractivity contribution is 0.290. The Balaban J connectivity index is 2.08. The number of ether oxygens (including phenoxy) is 1. The van der Waals surface area contributed by atoms with Crippen LogP contribution in [0.1, 0.15) is 12.5 Å². The van der Waals surface area contributed by atoms with Gasteiger partial charge in [0.05, 0.1) is 0 Å². The lowest BCUT2D eigenvalue weighted by atomic mass is 10.2. The quantitative estimate of drug-likeness (QED) is 0.879. The molecule has 1 aromatic carbocycles. The van der Waals surface area contributed by atoms with Crippen molar-refractivity contribution in [3.8, 4) is 5.75 Å². The summed E-state index contributed by atoms with van der Waals surface area (Å²) in [5, 5.41) is 3.14. The number of nitrogens with zero attached hydrogens (tertiary/aromatic N) is 1. The smallest absolute Gasteiger partial charge is 0.165 e. The molecular formula is C14H15FN2O. The van der Waals surface area contributed by atoms with E-state index >= 15 is 0 Å². The summed E-state index contributed by atoms with van der Waals surface area (Å²) < 4.78 is 18.8. The fraction of sp³-hybridized carbons (Fsp3) is 0.214. The third kappa shape index (κ3) is 2.97. The van der Waals surface area contributed by atoms with E-state index in [4.69, 9.17) is 4.74 Å². The molecule has 0 saturated carbocycles. The van der Waals surface area contributed by atoms with Crippen molar-refractivity contribution < 1.29 is 9.13 Å². The number of hydrogen-bond donors (Lipinski definition) is 1. The lowest BCUT2D eigenvalue weighted by Gasteiger charge is -2.11. The highest BCUT2D eigenvalue weighted by Gasteiger charge is 2.05. The van der Waals surface area contributed by atoms with E-state index in [2.05, 4.69) is 10.3 Å². The number of rotatable bonds is 5. The molecule has 1 heterocycles. The maximum Gasteiger partial charge on any atom is 0.165 e. The van der Waals surface area contributed by atoms with Crippen LogP contribution in [0.25, 0.3) is 0 Å². The first kappa shape index (κ1) is 12.4. The van der Waals surface area contributed by atoms with Crippen molar-refractivity contribution in [2.75, 3.05) is 11.9 Å². The maximum atomic E-state index is 13.4. The Labute approximate surface area is 106 Å². The Kier molecular flexibility index (Phi) is 4.12. The Bertz CT molecular complexity index is 517. The van der Waals surface area contributed by atoms with Crippen molar-refractivity contribution in [3.05, 3.63) is 54.0 Å². The summed E-state index contributed by atoms with van der Waals surface area (Å²) in [7, 11) is 0. The van der Waals surface area contributed by atoms with Gasteiger partial charge in [0.15, 0.2) is 11.6 Å². The van der Waals surface area contributed by atoms with Crippen LogP contribution in [0.3, 0.4) is 0 Å². The first-order chi connectivity index (χ1) is 8.81. The van der Waals surface area contributed by atoms with Gasteiger partial charge in [-0.25, -0.2) is 9.37 Å². The fourth-order valence-corrected chi connectivity index (χ4v) is 1.60. The van der Waals surface area contributed by atoms with Crippen LogP contribution in [0.4, 0.5) is 10.2 Å². The lowest BCUT2D eigenvalue weighted by Crippen LogP contribution is -2.06. The first-order valence-corrected chi connectivity index (χ1v) is 5.86. The van der Waals surface area contributed by atoms with Gasteiger partial charge >= 0.3 is 0 Å². The molecule has 0 aliphatic carbocycles. The van der Waals surface area contributed by atoms with Gasteiger partial charge in [0.2, 0.25) is 0 Å². The minimum atomic E-state index is -0.355. The molecule has 2 rings (SSSR count). The van der Waals surface area contributed by atoms with Crippen LogP contribution in [0, 0.1) is 5.82 Å². The molecule has 3 nitrogen and oxygen atoms in total. The van der Waals surface area contributed by atoms with Gasteiger partial charge in [0.25, 0.3) is 0 Å². The van der Waals surface area contributed by atoms with E-state index < -0.39 is 0 Å². The van der Waals surface area contributed by atoms with E-state index in [9.17, 15) is 4.39 Å². The van der Waals surface area contributed by atoms with E-state index in [0.717, 1.165) is 17.9 Å². The molecule has 0 atom stereocenters. The van der Waals surface area contributed by atoms with Gasteiger partial charge in [-0.05, 0) is 25.1 Å². The molecule has 94 valence electrons. The second-order valence-electron chi connectivity index (χ2n) is 3.76.